The van der Waals surface area contributed by atoms with Crippen LogP contribution in [0.5, 0.6) is 0 Å². The summed E-state index contributed by atoms with van der Waals surface area (Å²) >= 11 is 0. The Kier molecular flexibility index (Phi) is 50.4. The van der Waals surface area contributed by atoms with Crippen LogP contribution in [-0.2, 0) is 28.6 Å². The van der Waals surface area contributed by atoms with Gasteiger partial charge in [-0.25, -0.2) is 0 Å². The standard InChI is InChI=1S/C59H100O6/c1-4-7-10-13-16-19-22-25-27-29-31-34-37-40-43-46-49-52-58(61)64-55-56(54-63-57(60)51-48-45-42-39-36-33-24-21-18-15-12-9-6-3)65-59(62)53-50-47-44-41-38-35-32-30-28-26-23-20-17-14-11-8-5-2/h7-8,10-11,16-17,19-21,24-28,56H,4-6,9,12-15,18,22-23,29-55H2,1-3H3/b10-7-,11-8-,19-16-,20-17-,24-21-,27-25-,28-26-. The molecule has 0 aliphatic heterocycles. The second kappa shape index (κ2) is 53.2. The van der Waals surface area contributed by atoms with Crippen molar-refractivity contribution < 1.29 is 28.6 Å². The van der Waals surface area contributed by atoms with Gasteiger partial charge in [0.1, 0.15) is 13.2 Å². The van der Waals surface area contributed by atoms with E-state index in [9.17, 15) is 14.4 Å². The van der Waals surface area contributed by atoms with Gasteiger partial charge in [0, 0.05) is 19.3 Å². The van der Waals surface area contributed by atoms with Gasteiger partial charge in [-0.3, -0.25) is 14.4 Å². The second-order valence-electron chi connectivity index (χ2n) is 17.7. The molecule has 0 aromatic rings. The third kappa shape index (κ3) is 51.4. The van der Waals surface area contributed by atoms with Crippen molar-refractivity contribution in [1.82, 2.24) is 0 Å². The largest absolute Gasteiger partial charge is 0.462 e. The van der Waals surface area contributed by atoms with Gasteiger partial charge in [0.15, 0.2) is 6.10 Å². The molecule has 6 nitrogen and oxygen atoms in total. The minimum absolute atomic E-state index is 0.0883. The third-order valence-electron chi connectivity index (χ3n) is 11.4. The number of ether oxygens (including phenoxy) is 3. The van der Waals surface area contributed by atoms with Crippen molar-refractivity contribution in [1.29, 1.82) is 0 Å². The minimum atomic E-state index is -0.789. The van der Waals surface area contributed by atoms with Gasteiger partial charge in [0.05, 0.1) is 0 Å². The molecule has 0 spiro atoms. The molecule has 0 aliphatic carbocycles. The monoisotopic (exact) mass is 905 g/mol. The van der Waals surface area contributed by atoms with Crippen molar-refractivity contribution in [2.75, 3.05) is 13.2 Å². The molecule has 1 unspecified atom stereocenters. The second-order valence-corrected chi connectivity index (χ2v) is 17.7. The van der Waals surface area contributed by atoms with E-state index in [-0.39, 0.29) is 31.1 Å². The first kappa shape index (κ1) is 61.6. The maximum atomic E-state index is 12.8. The lowest BCUT2D eigenvalue weighted by molar-refractivity contribution is -0.167. The number of rotatable bonds is 48. The lowest BCUT2D eigenvalue weighted by Gasteiger charge is -2.18. The number of unbranched alkanes of at least 4 members (excludes halogenated alkanes) is 23. The molecule has 0 saturated carbocycles. The number of allylic oxidation sites excluding steroid dienone is 14. The van der Waals surface area contributed by atoms with Crippen molar-refractivity contribution in [3.05, 3.63) is 85.1 Å². The highest BCUT2D eigenvalue weighted by atomic mass is 16.6. The SMILES string of the molecule is CC/C=C\C/C=C\C/C=C\CCCCCCCCCC(=O)OCC(COC(=O)CCCCCCC/C=C\CCCCCC)OC(=O)CCCCCCCCC/C=C\C/C=C\C/C=C\CC. The Labute approximate surface area is 401 Å². The maximum Gasteiger partial charge on any atom is 0.306 e. The van der Waals surface area contributed by atoms with E-state index in [0.717, 1.165) is 116 Å². The van der Waals surface area contributed by atoms with E-state index in [1.807, 2.05) is 0 Å². The molecule has 6 heteroatoms. The summed E-state index contributed by atoms with van der Waals surface area (Å²) in [4.78, 5) is 38.1. The van der Waals surface area contributed by atoms with E-state index in [1.54, 1.807) is 0 Å². The molecular weight excluding hydrogens is 805 g/mol. The molecule has 0 heterocycles. The van der Waals surface area contributed by atoms with Crippen LogP contribution < -0.4 is 0 Å². The van der Waals surface area contributed by atoms with Crippen molar-refractivity contribution >= 4 is 17.9 Å². The van der Waals surface area contributed by atoms with Crippen LogP contribution in [0.15, 0.2) is 85.1 Å². The van der Waals surface area contributed by atoms with Gasteiger partial charge in [-0.15, -0.1) is 0 Å². The molecule has 0 rings (SSSR count). The van der Waals surface area contributed by atoms with Gasteiger partial charge in [0.25, 0.3) is 0 Å². The van der Waals surface area contributed by atoms with E-state index in [2.05, 4.69) is 106 Å². The first-order chi connectivity index (χ1) is 32.0. The van der Waals surface area contributed by atoms with Crippen LogP contribution in [0.3, 0.4) is 0 Å². The molecule has 0 fully saturated rings. The van der Waals surface area contributed by atoms with Crippen LogP contribution in [0.25, 0.3) is 0 Å². The van der Waals surface area contributed by atoms with Crippen LogP contribution in [0.4, 0.5) is 0 Å². The average Bonchev–Trinajstić information content (AvgIpc) is 3.30. The summed E-state index contributed by atoms with van der Waals surface area (Å²) in [5.74, 6) is -0.914. The van der Waals surface area contributed by atoms with Crippen LogP contribution in [0.1, 0.15) is 252 Å². The minimum Gasteiger partial charge on any atom is -0.462 e. The van der Waals surface area contributed by atoms with Gasteiger partial charge < -0.3 is 14.2 Å². The van der Waals surface area contributed by atoms with Gasteiger partial charge in [-0.05, 0) is 109 Å². The predicted molar refractivity (Wildman–Crippen MR) is 279 cm³/mol. The molecular formula is C59H100O6. The Morgan fingerprint density at radius 1 is 0.323 bits per heavy atom. The first-order valence-corrected chi connectivity index (χ1v) is 27.1. The van der Waals surface area contributed by atoms with Gasteiger partial charge in [-0.2, -0.15) is 0 Å². The molecule has 0 N–H and O–H groups in total. The van der Waals surface area contributed by atoms with E-state index in [4.69, 9.17) is 14.2 Å². The van der Waals surface area contributed by atoms with Gasteiger partial charge in [-0.1, -0.05) is 209 Å². The molecule has 0 aromatic heterocycles. The first-order valence-electron chi connectivity index (χ1n) is 27.1. The number of esters is 3. The van der Waals surface area contributed by atoms with Crippen molar-refractivity contribution in [2.45, 2.75) is 258 Å². The summed E-state index contributed by atoms with van der Waals surface area (Å²) in [7, 11) is 0. The van der Waals surface area contributed by atoms with Crippen molar-refractivity contribution in [3.63, 3.8) is 0 Å². The fourth-order valence-corrected chi connectivity index (χ4v) is 7.35. The average molecular weight is 905 g/mol. The third-order valence-corrected chi connectivity index (χ3v) is 11.4. The Balaban J connectivity index is 4.42. The molecule has 0 amide bonds. The number of carbonyl (C=O) groups excluding carboxylic acids is 3. The van der Waals surface area contributed by atoms with Gasteiger partial charge in [0.2, 0.25) is 0 Å². The lowest BCUT2D eigenvalue weighted by atomic mass is 10.1. The summed E-state index contributed by atoms with van der Waals surface area (Å²) in [6, 6.07) is 0. The fraction of sp³-hybridized carbons (Fsp3) is 0.712. The highest BCUT2D eigenvalue weighted by Gasteiger charge is 2.19. The summed E-state index contributed by atoms with van der Waals surface area (Å²) in [5, 5.41) is 0. The normalized spacial score (nSPS) is 12.7. The zero-order chi connectivity index (χ0) is 47.2. The highest BCUT2D eigenvalue weighted by Crippen LogP contribution is 2.14. The Morgan fingerprint density at radius 2 is 0.600 bits per heavy atom. The smallest absolute Gasteiger partial charge is 0.306 e. The van der Waals surface area contributed by atoms with E-state index >= 15 is 0 Å². The number of hydrogen-bond acceptors (Lipinski definition) is 6. The van der Waals surface area contributed by atoms with E-state index in [0.29, 0.717) is 19.3 Å². The highest BCUT2D eigenvalue weighted by molar-refractivity contribution is 5.71. The van der Waals surface area contributed by atoms with Gasteiger partial charge >= 0.3 is 17.9 Å². The van der Waals surface area contributed by atoms with Crippen molar-refractivity contribution in [2.24, 2.45) is 0 Å². The Morgan fingerprint density at radius 3 is 0.954 bits per heavy atom. The molecule has 0 aliphatic rings. The van der Waals surface area contributed by atoms with E-state index in [1.165, 1.54) is 96.3 Å². The molecule has 65 heavy (non-hydrogen) atoms. The number of carbonyl (C=O) groups is 3. The summed E-state index contributed by atoms with van der Waals surface area (Å²) in [6.45, 7) is 6.38. The summed E-state index contributed by atoms with van der Waals surface area (Å²) in [6.07, 6.45) is 68.5. The molecule has 0 bridgehead atoms. The van der Waals surface area contributed by atoms with Crippen LogP contribution in [-0.4, -0.2) is 37.2 Å². The Bertz CT molecular complexity index is 1270. The Hall–Kier alpha value is -3.41. The lowest BCUT2D eigenvalue weighted by Crippen LogP contribution is -2.30. The van der Waals surface area contributed by atoms with Crippen LogP contribution in [0, 0.1) is 0 Å². The van der Waals surface area contributed by atoms with Crippen LogP contribution in [0.2, 0.25) is 0 Å². The molecule has 0 aromatic carbocycles. The molecule has 0 radical (unpaired) electrons. The number of hydrogen-bond donors (Lipinski definition) is 0. The maximum absolute atomic E-state index is 12.8. The van der Waals surface area contributed by atoms with Crippen LogP contribution >= 0.6 is 0 Å². The predicted octanol–water partition coefficient (Wildman–Crippen LogP) is 18.0. The molecule has 0 saturated heterocycles. The van der Waals surface area contributed by atoms with E-state index < -0.39 is 6.10 Å². The fourth-order valence-electron chi connectivity index (χ4n) is 7.35. The topological polar surface area (TPSA) is 78.9 Å². The zero-order valence-corrected chi connectivity index (χ0v) is 42.5. The summed E-state index contributed by atoms with van der Waals surface area (Å²) in [5.41, 5.74) is 0. The van der Waals surface area contributed by atoms with Crippen molar-refractivity contribution in [3.8, 4) is 0 Å². The zero-order valence-electron chi connectivity index (χ0n) is 42.5. The molecule has 372 valence electrons. The quantitative estimate of drug-likeness (QED) is 0.0262. The molecule has 1 atom stereocenters. The summed E-state index contributed by atoms with van der Waals surface area (Å²) < 4.78 is 16.8.